The number of carboxylic acids is 1. The third-order valence-electron chi connectivity index (χ3n) is 3.56. The molecule has 0 fully saturated rings. The van der Waals surface area contributed by atoms with Crippen molar-refractivity contribution in [3.63, 3.8) is 0 Å². The molecule has 2 atom stereocenters. The minimum atomic E-state index is -0.962. The number of carbonyl (C=O) groups is 3. The van der Waals surface area contributed by atoms with Crippen LogP contribution in [0.25, 0.3) is 0 Å². The lowest BCUT2D eigenvalue weighted by atomic mass is 9.97. The second-order valence-corrected chi connectivity index (χ2v) is 6.99. The Kier molecular flexibility index (Phi) is 8.19. The van der Waals surface area contributed by atoms with Crippen molar-refractivity contribution in [2.45, 2.75) is 33.2 Å². The Morgan fingerprint density at radius 2 is 1.80 bits per heavy atom. The van der Waals surface area contributed by atoms with Gasteiger partial charge < -0.3 is 15.7 Å². The molecule has 0 aliphatic heterocycles. The number of amides is 2. The fraction of sp³-hybridized carbons (Fsp3) is 0.471. The maximum atomic E-state index is 12.2. The molecule has 0 saturated carbocycles. The SMILES string of the molecule is CC(C)CC(CNC(=O)C(C)NC(=O)c1cccc(Cl)c1Cl)C(=O)O. The molecule has 138 valence electrons. The Morgan fingerprint density at radius 3 is 2.36 bits per heavy atom. The molecule has 0 aliphatic rings. The summed E-state index contributed by atoms with van der Waals surface area (Å²) >= 11 is 11.8. The highest BCUT2D eigenvalue weighted by molar-refractivity contribution is 6.43. The van der Waals surface area contributed by atoms with E-state index in [1.54, 1.807) is 12.1 Å². The molecule has 8 heteroatoms. The summed E-state index contributed by atoms with van der Waals surface area (Å²) in [5, 5.41) is 14.6. The minimum Gasteiger partial charge on any atom is -0.481 e. The molecule has 1 aromatic rings. The number of carboxylic acid groups (broad SMARTS) is 1. The summed E-state index contributed by atoms with van der Waals surface area (Å²) in [5.41, 5.74) is 0.164. The van der Waals surface area contributed by atoms with Crippen molar-refractivity contribution in [2.75, 3.05) is 6.54 Å². The Hall–Kier alpha value is -1.79. The molecule has 25 heavy (non-hydrogen) atoms. The Labute approximate surface area is 156 Å². The Morgan fingerprint density at radius 1 is 1.16 bits per heavy atom. The van der Waals surface area contributed by atoms with Crippen molar-refractivity contribution in [1.82, 2.24) is 10.6 Å². The van der Waals surface area contributed by atoms with E-state index in [1.165, 1.54) is 13.0 Å². The second-order valence-electron chi connectivity index (χ2n) is 6.21. The number of nitrogens with one attached hydrogen (secondary N) is 2. The largest absolute Gasteiger partial charge is 0.481 e. The van der Waals surface area contributed by atoms with Gasteiger partial charge in [0, 0.05) is 6.54 Å². The van der Waals surface area contributed by atoms with Gasteiger partial charge >= 0.3 is 5.97 Å². The smallest absolute Gasteiger partial charge is 0.308 e. The molecule has 2 amide bonds. The molecule has 0 heterocycles. The molecule has 0 radical (unpaired) electrons. The van der Waals surface area contributed by atoms with E-state index < -0.39 is 29.7 Å². The van der Waals surface area contributed by atoms with Gasteiger partial charge in [-0.05, 0) is 31.4 Å². The maximum Gasteiger partial charge on any atom is 0.308 e. The van der Waals surface area contributed by atoms with Crippen LogP contribution >= 0.6 is 23.2 Å². The summed E-state index contributed by atoms with van der Waals surface area (Å²) in [5.74, 6) is -2.45. The van der Waals surface area contributed by atoms with Crippen LogP contribution in [0.2, 0.25) is 10.0 Å². The van der Waals surface area contributed by atoms with Gasteiger partial charge in [0.25, 0.3) is 5.91 Å². The van der Waals surface area contributed by atoms with Gasteiger partial charge in [-0.25, -0.2) is 0 Å². The number of rotatable bonds is 8. The molecular formula is C17H22Cl2N2O4. The van der Waals surface area contributed by atoms with Gasteiger partial charge in [0.15, 0.2) is 0 Å². The van der Waals surface area contributed by atoms with E-state index in [0.717, 1.165) is 0 Å². The number of carbonyl (C=O) groups excluding carboxylic acids is 2. The molecular weight excluding hydrogens is 367 g/mol. The van der Waals surface area contributed by atoms with Gasteiger partial charge in [0.05, 0.1) is 21.5 Å². The zero-order valence-corrected chi connectivity index (χ0v) is 15.8. The zero-order valence-electron chi connectivity index (χ0n) is 14.3. The highest BCUT2D eigenvalue weighted by Crippen LogP contribution is 2.25. The zero-order chi connectivity index (χ0) is 19.1. The minimum absolute atomic E-state index is 0.00444. The van der Waals surface area contributed by atoms with Crippen LogP contribution in [0.4, 0.5) is 0 Å². The maximum absolute atomic E-state index is 12.2. The molecule has 0 aromatic heterocycles. The average Bonchev–Trinajstić information content (AvgIpc) is 2.52. The van der Waals surface area contributed by atoms with Crippen molar-refractivity contribution < 1.29 is 19.5 Å². The van der Waals surface area contributed by atoms with E-state index in [1.807, 2.05) is 13.8 Å². The molecule has 6 nitrogen and oxygen atoms in total. The summed E-state index contributed by atoms with van der Waals surface area (Å²) in [4.78, 5) is 35.5. The summed E-state index contributed by atoms with van der Waals surface area (Å²) in [7, 11) is 0. The van der Waals surface area contributed by atoms with Gasteiger partial charge in [0.2, 0.25) is 5.91 Å². The summed E-state index contributed by atoms with van der Waals surface area (Å²) in [6.07, 6.45) is 0.453. The van der Waals surface area contributed by atoms with Crippen LogP contribution in [-0.2, 0) is 9.59 Å². The van der Waals surface area contributed by atoms with Crippen LogP contribution in [0.5, 0.6) is 0 Å². The Bertz CT molecular complexity index is 650. The number of benzene rings is 1. The first-order valence-corrected chi connectivity index (χ1v) is 8.64. The van der Waals surface area contributed by atoms with Crippen LogP contribution in [0.15, 0.2) is 18.2 Å². The fourth-order valence-electron chi connectivity index (χ4n) is 2.24. The highest BCUT2D eigenvalue weighted by Gasteiger charge is 2.23. The van der Waals surface area contributed by atoms with Crippen molar-refractivity contribution in [3.05, 3.63) is 33.8 Å². The summed E-state index contributed by atoms with van der Waals surface area (Å²) < 4.78 is 0. The first kappa shape index (κ1) is 21.3. The highest BCUT2D eigenvalue weighted by atomic mass is 35.5. The topological polar surface area (TPSA) is 95.5 Å². The second kappa shape index (κ2) is 9.63. The van der Waals surface area contributed by atoms with Crippen LogP contribution in [-0.4, -0.2) is 35.5 Å². The lowest BCUT2D eigenvalue weighted by Gasteiger charge is -2.18. The molecule has 0 bridgehead atoms. The third kappa shape index (κ3) is 6.55. The molecule has 1 aromatic carbocycles. The van der Waals surface area contributed by atoms with Crippen LogP contribution in [0, 0.1) is 11.8 Å². The van der Waals surface area contributed by atoms with Crippen molar-refractivity contribution in [2.24, 2.45) is 11.8 Å². The third-order valence-corrected chi connectivity index (χ3v) is 4.38. The van der Waals surface area contributed by atoms with Crippen LogP contribution in [0.1, 0.15) is 37.6 Å². The van der Waals surface area contributed by atoms with Gasteiger partial charge in [-0.15, -0.1) is 0 Å². The predicted octanol–water partition coefficient (Wildman–Crippen LogP) is 2.97. The van der Waals surface area contributed by atoms with Crippen molar-refractivity contribution in [1.29, 1.82) is 0 Å². The van der Waals surface area contributed by atoms with Crippen LogP contribution < -0.4 is 10.6 Å². The molecule has 0 spiro atoms. The molecule has 2 unspecified atom stereocenters. The summed E-state index contributed by atoms with van der Waals surface area (Å²) in [6, 6.07) is 3.78. The van der Waals surface area contributed by atoms with Crippen molar-refractivity contribution in [3.8, 4) is 0 Å². The van der Waals surface area contributed by atoms with E-state index in [9.17, 15) is 19.5 Å². The standard InChI is InChI=1S/C17H22Cl2N2O4/c1-9(2)7-11(17(24)25)8-20-15(22)10(3)21-16(23)12-5-4-6-13(18)14(12)19/h4-6,9-11H,7-8H2,1-3H3,(H,20,22)(H,21,23)(H,24,25). The van der Waals surface area contributed by atoms with E-state index in [-0.39, 0.29) is 28.1 Å². The van der Waals surface area contributed by atoms with Crippen LogP contribution in [0.3, 0.4) is 0 Å². The van der Waals surface area contributed by atoms with Gasteiger partial charge in [-0.3, -0.25) is 14.4 Å². The summed E-state index contributed by atoms with van der Waals surface area (Å²) in [6.45, 7) is 5.33. The number of halogens is 2. The number of hydrogen-bond donors (Lipinski definition) is 3. The first-order valence-electron chi connectivity index (χ1n) is 7.88. The predicted molar refractivity (Wildman–Crippen MR) is 97.0 cm³/mol. The monoisotopic (exact) mass is 388 g/mol. The Balaban J connectivity index is 2.63. The van der Waals surface area contributed by atoms with E-state index >= 15 is 0 Å². The molecule has 1 rings (SSSR count). The van der Waals surface area contributed by atoms with E-state index in [2.05, 4.69) is 10.6 Å². The molecule has 0 aliphatic carbocycles. The number of aliphatic carboxylic acids is 1. The quantitative estimate of drug-likeness (QED) is 0.637. The lowest BCUT2D eigenvalue weighted by Crippen LogP contribution is -2.46. The average molecular weight is 389 g/mol. The lowest BCUT2D eigenvalue weighted by molar-refractivity contribution is -0.142. The van der Waals surface area contributed by atoms with E-state index in [0.29, 0.717) is 6.42 Å². The van der Waals surface area contributed by atoms with E-state index in [4.69, 9.17) is 23.2 Å². The van der Waals surface area contributed by atoms with Gasteiger partial charge in [0.1, 0.15) is 6.04 Å². The first-order chi connectivity index (χ1) is 11.6. The normalized spacial score (nSPS) is 13.2. The van der Waals surface area contributed by atoms with Gasteiger partial charge in [-0.2, -0.15) is 0 Å². The number of hydrogen-bond acceptors (Lipinski definition) is 3. The molecule has 0 saturated heterocycles. The van der Waals surface area contributed by atoms with Crippen molar-refractivity contribution >= 4 is 41.0 Å². The van der Waals surface area contributed by atoms with Gasteiger partial charge in [-0.1, -0.05) is 43.1 Å². The fourth-order valence-corrected chi connectivity index (χ4v) is 2.62. The molecule has 3 N–H and O–H groups in total.